The fraction of sp³-hybridized carbons (Fsp3) is 0.103. The Morgan fingerprint density at radius 3 is 2.50 bits per heavy atom. The van der Waals surface area contributed by atoms with E-state index in [-0.39, 0.29) is 11.9 Å². The van der Waals surface area contributed by atoms with E-state index in [0.29, 0.717) is 11.3 Å². The van der Waals surface area contributed by atoms with Gasteiger partial charge in [-0.1, -0.05) is 31.2 Å². The van der Waals surface area contributed by atoms with Crippen LogP contribution in [0.5, 0.6) is 0 Å². The molecule has 1 aliphatic rings. The van der Waals surface area contributed by atoms with Crippen molar-refractivity contribution in [1.29, 1.82) is 0 Å². The first-order valence-electron chi connectivity index (χ1n) is 11.8. The summed E-state index contributed by atoms with van der Waals surface area (Å²) in [5, 5.41) is 12.1. The molecule has 7 nitrogen and oxygen atoms in total. The first-order chi connectivity index (χ1) is 17.5. The summed E-state index contributed by atoms with van der Waals surface area (Å²) in [4.78, 5) is 28.2. The highest BCUT2D eigenvalue weighted by atomic mass is 16.2. The van der Waals surface area contributed by atoms with Crippen LogP contribution in [0.1, 0.15) is 29.3 Å². The number of benzene rings is 3. The van der Waals surface area contributed by atoms with Crippen LogP contribution in [0.3, 0.4) is 0 Å². The molecule has 0 radical (unpaired) electrons. The van der Waals surface area contributed by atoms with Crippen LogP contribution in [0, 0.1) is 6.92 Å². The molecule has 2 heterocycles. The molecule has 0 bridgehead atoms. The van der Waals surface area contributed by atoms with Gasteiger partial charge in [0.05, 0.1) is 11.3 Å². The zero-order valence-corrected chi connectivity index (χ0v) is 20.1. The van der Waals surface area contributed by atoms with Gasteiger partial charge >= 0.3 is 6.03 Å². The van der Waals surface area contributed by atoms with E-state index in [1.807, 2.05) is 92.0 Å². The molecule has 5 N–H and O–H groups in total. The van der Waals surface area contributed by atoms with Gasteiger partial charge in [-0.2, -0.15) is 0 Å². The number of aromatic nitrogens is 1. The molecule has 1 aromatic heterocycles. The summed E-state index contributed by atoms with van der Waals surface area (Å²) >= 11 is 0. The van der Waals surface area contributed by atoms with E-state index in [9.17, 15) is 9.59 Å². The summed E-state index contributed by atoms with van der Waals surface area (Å²) in [5.41, 5.74) is 8.39. The number of hydrogen-bond donors (Lipinski definition) is 5. The van der Waals surface area contributed by atoms with Crippen LogP contribution in [0.25, 0.3) is 11.6 Å². The maximum absolute atomic E-state index is 12.5. The molecule has 180 valence electrons. The van der Waals surface area contributed by atoms with Gasteiger partial charge in [-0.15, -0.1) is 0 Å². The van der Waals surface area contributed by atoms with Crippen molar-refractivity contribution in [3.63, 3.8) is 0 Å². The SMILES string of the molecule is CCc1cccc(NC(=O)Nc2ccc(C)c(Nc3ccc4c(c3)NC(=O)/C4=C/c3ccc[nH]3)c2)c1. The highest BCUT2D eigenvalue weighted by Gasteiger charge is 2.24. The minimum absolute atomic E-state index is 0.130. The number of carbonyl (C=O) groups excluding carboxylic acids is 2. The van der Waals surface area contributed by atoms with Crippen molar-refractivity contribution in [2.45, 2.75) is 20.3 Å². The molecule has 1 aliphatic heterocycles. The maximum atomic E-state index is 12.5. The predicted octanol–water partition coefficient (Wildman–Crippen LogP) is 6.77. The highest BCUT2D eigenvalue weighted by Crippen LogP contribution is 2.36. The number of carbonyl (C=O) groups is 2. The summed E-state index contributed by atoms with van der Waals surface area (Å²) < 4.78 is 0. The average Bonchev–Trinajstić information content (AvgIpc) is 3.49. The Balaban J connectivity index is 1.31. The van der Waals surface area contributed by atoms with E-state index in [1.165, 1.54) is 0 Å². The lowest BCUT2D eigenvalue weighted by Gasteiger charge is -2.14. The fourth-order valence-electron chi connectivity index (χ4n) is 4.16. The van der Waals surface area contributed by atoms with E-state index in [0.717, 1.165) is 51.6 Å². The highest BCUT2D eigenvalue weighted by molar-refractivity contribution is 6.35. The van der Waals surface area contributed by atoms with Gasteiger partial charge < -0.3 is 26.3 Å². The van der Waals surface area contributed by atoms with Crippen LogP contribution in [-0.2, 0) is 11.2 Å². The molecule has 0 fully saturated rings. The Hall–Kier alpha value is -4.78. The summed E-state index contributed by atoms with van der Waals surface area (Å²) in [7, 11) is 0. The largest absolute Gasteiger partial charge is 0.362 e. The van der Waals surface area contributed by atoms with Crippen LogP contribution >= 0.6 is 0 Å². The van der Waals surface area contributed by atoms with Crippen LogP contribution in [0.4, 0.5) is 33.2 Å². The van der Waals surface area contributed by atoms with Gasteiger partial charge in [-0.25, -0.2) is 4.79 Å². The second-order valence-electron chi connectivity index (χ2n) is 8.69. The van der Waals surface area contributed by atoms with Gasteiger partial charge in [-0.3, -0.25) is 4.79 Å². The molecule has 5 rings (SSSR count). The molecule has 0 unspecified atom stereocenters. The Labute approximate surface area is 209 Å². The minimum atomic E-state index is -0.306. The van der Waals surface area contributed by atoms with Crippen molar-refractivity contribution in [3.05, 3.63) is 101 Å². The maximum Gasteiger partial charge on any atom is 0.323 e. The summed E-state index contributed by atoms with van der Waals surface area (Å²) in [6, 6.07) is 22.8. The quantitative estimate of drug-likeness (QED) is 0.198. The van der Waals surface area contributed by atoms with E-state index in [2.05, 4.69) is 33.2 Å². The zero-order valence-electron chi connectivity index (χ0n) is 20.1. The van der Waals surface area contributed by atoms with Gasteiger partial charge in [0.25, 0.3) is 5.91 Å². The molecule has 36 heavy (non-hydrogen) atoms. The topological polar surface area (TPSA) is 98.0 Å². The Kier molecular flexibility index (Phi) is 6.28. The van der Waals surface area contributed by atoms with E-state index >= 15 is 0 Å². The molecule has 0 spiro atoms. The fourth-order valence-corrected chi connectivity index (χ4v) is 4.16. The summed E-state index contributed by atoms with van der Waals surface area (Å²) in [6.45, 7) is 4.07. The van der Waals surface area contributed by atoms with Gasteiger partial charge in [0, 0.05) is 40.2 Å². The van der Waals surface area contributed by atoms with Crippen LogP contribution in [0.2, 0.25) is 0 Å². The van der Waals surface area contributed by atoms with Crippen molar-refractivity contribution in [2.24, 2.45) is 0 Å². The number of fused-ring (bicyclic) bond motifs is 1. The number of aryl methyl sites for hydroxylation is 2. The number of H-pyrrole nitrogens is 1. The number of urea groups is 1. The van der Waals surface area contributed by atoms with E-state index in [1.54, 1.807) is 0 Å². The lowest BCUT2D eigenvalue weighted by Crippen LogP contribution is -2.19. The average molecular weight is 478 g/mol. The number of aromatic amines is 1. The van der Waals surface area contributed by atoms with Crippen LogP contribution < -0.4 is 21.3 Å². The first kappa shape index (κ1) is 23.0. The summed E-state index contributed by atoms with van der Waals surface area (Å²) in [6.07, 6.45) is 4.57. The number of nitrogens with one attached hydrogen (secondary N) is 5. The molecule has 3 aromatic carbocycles. The number of anilines is 5. The predicted molar refractivity (Wildman–Crippen MR) is 147 cm³/mol. The smallest absolute Gasteiger partial charge is 0.323 e. The van der Waals surface area contributed by atoms with Crippen molar-refractivity contribution in [3.8, 4) is 0 Å². The van der Waals surface area contributed by atoms with Crippen molar-refractivity contribution in [1.82, 2.24) is 4.98 Å². The molecule has 0 aliphatic carbocycles. The van der Waals surface area contributed by atoms with Crippen LogP contribution in [0.15, 0.2) is 79.0 Å². The molecule has 0 atom stereocenters. The standard InChI is InChI=1S/C29H27N5O2/c1-3-19-6-4-7-21(14-19)32-29(36)33-23-10-9-18(2)26(16-23)31-22-11-12-24-25(15-20-8-5-13-30-20)28(35)34-27(24)17-22/h4-17,30-31H,3H2,1-2H3,(H,34,35)(H2,32,33,36)/b25-15+. The van der Waals surface area contributed by atoms with Gasteiger partial charge in [-0.05, 0) is 79.1 Å². The molecule has 3 amide bonds. The minimum Gasteiger partial charge on any atom is -0.362 e. The van der Waals surface area contributed by atoms with E-state index < -0.39 is 0 Å². The molecule has 4 aromatic rings. The first-order valence-corrected chi connectivity index (χ1v) is 11.8. The van der Waals surface area contributed by atoms with Crippen molar-refractivity contribution < 1.29 is 9.59 Å². The lowest BCUT2D eigenvalue weighted by molar-refractivity contribution is -0.110. The van der Waals surface area contributed by atoms with Gasteiger partial charge in [0.15, 0.2) is 0 Å². The van der Waals surface area contributed by atoms with Gasteiger partial charge in [0.1, 0.15) is 0 Å². The normalized spacial score (nSPS) is 13.3. The summed E-state index contributed by atoms with van der Waals surface area (Å²) in [5.74, 6) is -0.130. The van der Waals surface area contributed by atoms with E-state index in [4.69, 9.17) is 0 Å². The molecule has 0 saturated carbocycles. The van der Waals surface area contributed by atoms with Gasteiger partial charge in [0.2, 0.25) is 0 Å². The molecular weight excluding hydrogens is 450 g/mol. The zero-order chi connectivity index (χ0) is 25.1. The van der Waals surface area contributed by atoms with Crippen molar-refractivity contribution >= 4 is 52.0 Å². The molecular formula is C29H27N5O2. The monoisotopic (exact) mass is 477 g/mol. The Morgan fingerprint density at radius 2 is 1.72 bits per heavy atom. The lowest BCUT2D eigenvalue weighted by atomic mass is 10.1. The molecule has 0 saturated heterocycles. The number of rotatable bonds is 6. The second kappa shape index (κ2) is 9.84. The third kappa shape index (κ3) is 5.00. The van der Waals surface area contributed by atoms with Crippen molar-refractivity contribution in [2.75, 3.05) is 21.3 Å². The third-order valence-electron chi connectivity index (χ3n) is 6.09. The Morgan fingerprint density at radius 1 is 0.917 bits per heavy atom. The second-order valence-corrected chi connectivity index (χ2v) is 8.69. The number of hydrogen-bond acceptors (Lipinski definition) is 3. The third-order valence-corrected chi connectivity index (χ3v) is 6.09. The van der Waals surface area contributed by atoms with Crippen LogP contribution in [-0.4, -0.2) is 16.9 Å². The number of amides is 3. The Bertz CT molecular complexity index is 1470. The molecule has 7 heteroatoms.